The molecular weight excluding hydrogens is 422 g/mol. The van der Waals surface area contributed by atoms with E-state index in [1.807, 2.05) is 43.3 Å². The van der Waals surface area contributed by atoms with Crippen LogP contribution in [0.1, 0.15) is 36.8 Å². The first-order valence-electron chi connectivity index (χ1n) is 11.4. The fourth-order valence-corrected chi connectivity index (χ4v) is 6.04. The molecule has 0 aliphatic carbocycles. The number of para-hydroxylation sites is 1. The van der Waals surface area contributed by atoms with Crippen molar-refractivity contribution in [2.75, 3.05) is 25.1 Å². The molecule has 2 aromatic rings. The number of hydrogen-bond acceptors (Lipinski definition) is 6. The quantitative estimate of drug-likeness (QED) is 0.394. The molecule has 3 aliphatic rings. The summed E-state index contributed by atoms with van der Waals surface area (Å²) < 4.78 is 11.5. The van der Waals surface area contributed by atoms with Crippen molar-refractivity contribution < 1.29 is 19.2 Å². The first-order chi connectivity index (χ1) is 16.0. The van der Waals surface area contributed by atoms with Crippen LogP contribution in [0.5, 0.6) is 11.5 Å². The molecule has 33 heavy (non-hydrogen) atoms. The van der Waals surface area contributed by atoms with E-state index in [1.54, 1.807) is 12.1 Å². The van der Waals surface area contributed by atoms with E-state index in [1.165, 1.54) is 0 Å². The van der Waals surface area contributed by atoms with Gasteiger partial charge in [0.05, 0.1) is 12.5 Å². The Balaban J connectivity index is 1.66. The van der Waals surface area contributed by atoms with Gasteiger partial charge in [0.25, 0.3) is 11.9 Å². The number of anilines is 1. The van der Waals surface area contributed by atoms with Crippen LogP contribution >= 0.6 is 0 Å². The van der Waals surface area contributed by atoms with Crippen molar-refractivity contribution in [1.29, 1.82) is 0 Å². The third kappa shape index (κ3) is 3.04. The van der Waals surface area contributed by atoms with Crippen LogP contribution in [0.15, 0.2) is 55.1 Å². The van der Waals surface area contributed by atoms with Crippen molar-refractivity contribution in [2.24, 2.45) is 0 Å². The van der Waals surface area contributed by atoms with Crippen LogP contribution in [0, 0.1) is 10.1 Å². The predicted molar refractivity (Wildman–Crippen MR) is 123 cm³/mol. The van der Waals surface area contributed by atoms with Gasteiger partial charge in [-0.15, -0.1) is 0 Å². The first kappa shape index (κ1) is 21.5. The zero-order valence-corrected chi connectivity index (χ0v) is 18.5. The SMILES string of the molecule is C=CCOc1ccc([C@@H]2[C@@H]3CCCN3[C@@]3(C(=O)Nc4ccccc43)[C@@H]2[N+](=O)[O-])cc1OCC. The van der Waals surface area contributed by atoms with E-state index in [0.29, 0.717) is 42.5 Å². The van der Waals surface area contributed by atoms with E-state index >= 15 is 0 Å². The number of carbonyl (C=O) groups excluding carboxylic acids is 1. The topological polar surface area (TPSA) is 93.9 Å². The van der Waals surface area contributed by atoms with E-state index < -0.39 is 17.5 Å². The van der Waals surface area contributed by atoms with Gasteiger partial charge in [0.15, 0.2) is 17.0 Å². The number of fused-ring (bicyclic) bond motifs is 4. The lowest BCUT2D eigenvalue weighted by Crippen LogP contribution is -2.55. The van der Waals surface area contributed by atoms with Crippen LogP contribution in [0.4, 0.5) is 5.69 Å². The molecular formula is C25H27N3O5. The number of ether oxygens (including phenoxy) is 2. The van der Waals surface area contributed by atoms with Gasteiger partial charge in [-0.1, -0.05) is 36.9 Å². The maximum atomic E-state index is 13.5. The van der Waals surface area contributed by atoms with Gasteiger partial charge in [0.2, 0.25) is 0 Å². The minimum absolute atomic E-state index is 0.119. The molecule has 2 saturated heterocycles. The predicted octanol–water partition coefficient (Wildman–Crippen LogP) is 3.70. The summed E-state index contributed by atoms with van der Waals surface area (Å²) in [7, 11) is 0. The Morgan fingerprint density at radius 2 is 2.09 bits per heavy atom. The summed E-state index contributed by atoms with van der Waals surface area (Å²) in [6.07, 6.45) is 3.34. The van der Waals surface area contributed by atoms with Gasteiger partial charge < -0.3 is 14.8 Å². The summed E-state index contributed by atoms with van der Waals surface area (Å²) in [5.74, 6) is 0.335. The van der Waals surface area contributed by atoms with Crippen LogP contribution in [0.25, 0.3) is 0 Å². The fraction of sp³-hybridized carbons (Fsp3) is 0.400. The van der Waals surface area contributed by atoms with Crippen LogP contribution in [0.3, 0.4) is 0 Å². The highest BCUT2D eigenvalue weighted by atomic mass is 16.6. The summed E-state index contributed by atoms with van der Waals surface area (Å²) in [5.41, 5.74) is 0.818. The summed E-state index contributed by atoms with van der Waals surface area (Å²) in [5, 5.41) is 15.6. The number of hydrogen-bond donors (Lipinski definition) is 1. The third-order valence-electron chi connectivity index (χ3n) is 7.10. The Morgan fingerprint density at radius 1 is 1.27 bits per heavy atom. The van der Waals surface area contributed by atoms with Crippen molar-refractivity contribution in [1.82, 2.24) is 4.90 Å². The van der Waals surface area contributed by atoms with Gasteiger partial charge in [-0.25, -0.2) is 0 Å². The molecule has 4 atom stereocenters. The number of nitro groups is 1. The molecule has 5 rings (SSSR count). The van der Waals surface area contributed by atoms with Crippen molar-refractivity contribution in [2.45, 2.75) is 43.3 Å². The average molecular weight is 450 g/mol. The van der Waals surface area contributed by atoms with Gasteiger partial charge in [0.1, 0.15) is 6.61 Å². The second kappa shape index (κ2) is 8.19. The van der Waals surface area contributed by atoms with Crippen molar-refractivity contribution in [3.8, 4) is 11.5 Å². The molecule has 1 spiro atoms. The third-order valence-corrected chi connectivity index (χ3v) is 7.10. The van der Waals surface area contributed by atoms with Crippen LogP contribution < -0.4 is 14.8 Å². The summed E-state index contributed by atoms with van der Waals surface area (Å²) >= 11 is 0. The Kier molecular flexibility index (Phi) is 5.32. The van der Waals surface area contributed by atoms with Crippen LogP contribution in [-0.4, -0.2) is 47.6 Å². The van der Waals surface area contributed by atoms with Gasteiger partial charge in [-0.2, -0.15) is 0 Å². The molecule has 2 aromatic carbocycles. The molecule has 0 bridgehead atoms. The number of amides is 1. The maximum Gasteiger partial charge on any atom is 0.256 e. The number of rotatable bonds is 7. The van der Waals surface area contributed by atoms with Crippen LogP contribution in [-0.2, 0) is 10.3 Å². The number of nitrogens with zero attached hydrogens (tertiary/aromatic N) is 2. The molecule has 8 heteroatoms. The lowest BCUT2D eigenvalue weighted by Gasteiger charge is -2.32. The second-order valence-electron chi connectivity index (χ2n) is 8.66. The average Bonchev–Trinajstić information content (AvgIpc) is 3.46. The van der Waals surface area contributed by atoms with Gasteiger partial charge in [-0.3, -0.25) is 19.8 Å². The molecule has 1 amide bonds. The normalized spacial score (nSPS) is 27.8. The largest absolute Gasteiger partial charge is 0.490 e. The molecule has 3 aliphatic heterocycles. The molecule has 2 fully saturated rings. The molecule has 8 nitrogen and oxygen atoms in total. The summed E-state index contributed by atoms with van der Waals surface area (Å²) in [6.45, 7) is 6.97. The van der Waals surface area contributed by atoms with Crippen molar-refractivity contribution in [3.63, 3.8) is 0 Å². The maximum absolute atomic E-state index is 13.5. The summed E-state index contributed by atoms with van der Waals surface area (Å²) in [4.78, 5) is 28.0. The van der Waals surface area contributed by atoms with Gasteiger partial charge in [-0.05, 0) is 43.5 Å². The Hall–Kier alpha value is -3.39. The van der Waals surface area contributed by atoms with E-state index in [2.05, 4.69) is 16.8 Å². The monoisotopic (exact) mass is 449 g/mol. The van der Waals surface area contributed by atoms with Gasteiger partial charge >= 0.3 is 0 Å². The Labute approximate surface area is 192 Å². The highest BCUT2D eigenvalue weighted by molar-refractivity contribution is 6.07. The number of carbonyl (C=O) groups is 1. The second-order valence-corrected chi connectivity index (χ2v) is 8.66. The zero-order valence-electron chi connectivity index (χ0n) is 18.5. The highest BCUT2D eigenvalue weighted by Crippen LogP contribution is 2.58. The molecule has 0 saturated carbocycles. The number of nitrogens with one attached hydrogen (secondary N) is 1. The van der Waals surface area contributed by atoms with E-state index in [-0.39, 0.29) is 16.9 Å². The molecule has 0 unspecified atom stereocenters. The lowest BCUT2D eigenvalue weighted by atomic mass is 9.77. The van der Waals surface area contributed by atoms with Crippen LogP contribution in [0.2, 0.25) is 0 Å². The van der Waals surface area contributed by atoms with Crippen molar-refractivity contribution >= 4 is 11.6 Å². The fourth-order valence-electron chi connectivity index (χ4n) is 6.04. The van der Waals surface area contributed by atoms with E-state index in [9.17, 15) is 14.9 Å². The van der Waals surface area contributed by atoms with Gasteiger partial charge in [0, 0.05) is 28.8 Å². The Morgan fingerprint density at radius 3 is 2.85 bits per heavy atom. The molecule has 172 valence electrons. The molecule has 0 aromatic heterocycles. The smallest absolute Gasteiger partial charge is 0.256 e. The standard InChI is InChI=1S/C25H27N3O5/c1-3-14-33-20-12-11-16(15-21(20)32-4-2)22-19-10-7-13-27(19)25(23(22)28(30)31)17-8-5-6-9-18(17)26-24(25)29/h3,5-6,8-9,11-12,15,19,22-23H,1,4,7,10,13-14H2,2H3,(H,26,29)/t19-,22+,23+,25+/m0/s1. The van der Waals surface area contributed by atoms with E-state index in [4.69, 9.17) is 9.47 Å². The first-order valence-corrected chi connectivity index (χ1v) is 11.4. The summed E-state index contributed by atoms with van der Waals surface area (Å²) in [6, 6.07) is 11.6. The van der Waals surface area contributed by atoms with E-state index in [0.717, 1.165) is 18.4 Å². The number of benzene rings is 2. The lowest BCUT2D eigenvalue weighted by molar-refractivity contribution is -0.534. The highest BCUT2D eigenvalue weighted by Gasteiger charge is 2.73. The zero-order chi connectivity index (χ0) is 23.2. The van der Waals surface area contributed by atoms with Crippen molar-refractivity contribution in [3.05, 3.63) is 76.4 Å². The Bertz CT molecular complexity index is 1120. The molecule has 3 heterocycles. The minimum Gasteiger partial charge on any atom is -0.490 e. The minimum atomic E-state index is -1.32. The molecule has 0 radical (unpaired) electrons. The molecule has 1 N–H and O–H groups in total.